The number of carbonyl (C=O) groups excluding carboxylic acids is 2. The number of amides is 2. The first-order chi connectivity index (χ1) is 14.0. The summed E-state index contributed by atoms with van der Waals surface area (Å²) in [6, 6.07) is 19.8. The second-order valence-electron chi connectivity index (χ2n) is 6.20. The Balaban J connectivity index is 1.58. The molecule has 0 radical (unpaired) electrons. The molecular formula is C22H21N3O4. The number of nitrogens with zero attached hydrogens (tertiary/aromatic N) is 1. The molecule has 0 aliphatic carbocycles. The Morgan fingerprint density at radius 1 is 0.897 bits per heavy atom. The number of anilines is 2. The number of aromatic nitrogens is 1. The monoisotopic (exact) mass is 391 g/mol. The standard InChI is InChI=1S/C22H21N3O4/c1-15(16-6-4-3-5-7-16)29-20-13-8-17(14-23-20)21(26)24-18-9-11-19(12-10-18)25-22(27)28-2/h3-15H,1-2H3,(H,24,26)(H,25,27)/t15-/m0/s1. The summed E-state index contributed by atoms with van der Waals surface area (Å²) in [4.78, 5) is 27.8. The Morgan fingerprint density at radius 2 is 1.55 bits per heavy atom. The maximum atomic E-state index is 12.4. The van der Waals surface area contributed by atoms with Gasteiger partial charge in [0.1, 0.15) is 6.10 Å². The van der Waals surface area contributed by atoms with Gasteiger partial charge in [0.05, 0.1) is 12.7 Å². The minimum absolute atomic E-state index is 0.152. The zero-order valence-corrected chi connectivity index (χ0v) is 16.1. The minimum Gasteiger partial charge on any atom is -0.470 e. The molecule has 0 saturated carbocycles. The fourth-order valence-corrected chi connectivity index (χ4v) is 2.57. The van der Waals surface area contributed by atoms with Crippen LogP contribution in [-0.4, -0.2) is 24.1 Å². The number of ether oxygens (including phenoxy) is 2. The normalized spacial score (nSPS) is 11.2. The molecule has 2 N–H and O–H groups in total. The van der Waals surface area contributed by atoms with Crippen LogP contribution in [0.25, 0.3) is 0 Å². The lowest BCUT2D eigenvalue weighted by molar-refractivity contribution is 0.102. The van der Waals surface area contributed by atoms with Crippen LogP contribution in [0, 0.1) is 0 Å². The van der Waals surface area contributed by atoms with Crippen molar-refractivity contribution in [2.45, 2.75) is 13.0 Å². The van der Waals surface area contributed by atoms with E-state index in [1.807, 2.05) is 37.3 Å². The Kier molecular flexibility index (Phi) is 6.42. The van der Waals surface area contributed by atoms with E-state index in [-0.39, 0.29) is 12.0 Å². The molecule has 3 aromatic rings. The molecular weight excluding hydrogens is 370 g/mol. The predicted molar refractivity (Wildman–Crippen MR) is 110 cm³/mol. The molecule has 0 saturated heterocycles. The van der Waals surface area contributed by atoms with Crippen molar-refractivity contribution >= 4 is 23.4 Å². The molecule has 0 aliphatic heterocycles. The van der Waals surface area contributed by atoms with Gasteiger partial charge in [0.15, 0.2) is 0 Å². The summed E-state index contributed by atoms with van der Waals surface area (Å²) in [6.45, 7) is 1.94. The lowest BCUT2D eigenvalue weighted by atomic mass is 10.1. The lowest BCUT2D eigenvalue weighted by Gasteiger charge is -2.14. The van der Waals surface area contributed by atoms with Crippen molar-refractivity contribution in [3.63, 3.8) is 0 Å². The first-order valence-corrected chi connectivity index (χ1v) is 8.99. The smallest absolute Gasteiger partial charge is 0.411 e. The fraction of sp³-hybridized carbons (Fsp3) is 0.136. The van der Waals surface area contributed by atoms with Gasteiger partial charge in [-0.05, 0) is 42.8 Å². The number of benzene rings is 2. The van der Waals surface area contributed by atoms with Crippen molar-refractivity contribution in [2.75, 3.05) is 17.7 Å². The highest BCUT2D eigenvalue weighted by Crippen LogP contribution is 2.20. The molecule has 1 aromatic heterocycles. The van der Waals surface area contributed by atoms with E-state index in [2.05, 4.69) is 20.4 Å². The summed E-state index contributed by atoms with van der Waals surface area (Å²) >= 11 is 0. The number of methoxy groups -OCH3 is 1. The lowest BCUT2D eigenvalue weighted by Crippen LogP contribution is -2.13. The van der Waals surface area contributed by atoms with Gasteiger partial charge < -0.3 is 14.8 Å². The molecule has 1 atom stereocenters. The first-order valence-electron chi connectivity index (χ1n) is 8.99. The largest absolute Gasteiger partial charge is 0.470 e. The van der Waals surface area contributed by atoms with Gasteiger partial charge in [-0.2, -0.15) is 0 Å². The molecule has 0 bridgehead atoms. The van der Waals surface area contributed by atoms with E-state index < -0.39 is 6.09 Å². The van der Waals surface area contributed by atoms with Crippen LogP contribution in [0.2, 0.25) is 0 Å². The quantitative estimate of drug-likeness (QED) is 0.638. The van der Waals surface area contributed by atoms with Crippen molar-refractivity contribution in [3.05, 3.63) is 84.1 Å². The zero-order valence-electron chi connectivity index (χ0n) is 16.1. The molecule has 0 aliphatic rings. The highest BCUT2D eigenvalue weighted by molar-refractivity contribution is 6.04. The third kappa shape index (κ3) is 5.55. The molecule has 29 heavy (non-hydrogen) atoms. The summed E-state index contributed by atoms with van der Waals surface area (Å²) in [5, 5.41) is 5.31. The first kappa shape index (κ1) is 19.9. The third-order valence-electron chi connectivity index (χ3n) is 4.14. The Hall–Kier alpha value is -3.87. The highest BCUT2D eigenvalue weighted by Gasteiger charge is 2.10. The van der Waals surface area contributed by atoms with Gasteiger partial charge in [0.2, 0.25) is 5.88 Å². The van der Waals surface area contributed by atoms with Crippen molar-refractivity contribution in [1.82, 2.24) is 4.98 Å². The molecule has 7 nitrogen and oxygen atoms in total. The molecule has 0 spiro atoms. The van der Waals surface area contributed by atoms with Crippen LogP contribution in [-0.2, 0) is 4.74 Å². The molecule has 2 amide bonds. The molecule has 2 aromatic carbocycles. The third-order valence-corrected chi connectivity index (χ3v) is 4.14. The number of hydrogen-bond donors (Lipinski definition) is 2. The van der Waals surface area contributed by atoms with E-state index >= 15 is 0 Å². The fourth-order valence-electron chi connectivity index (χ4n) is 2.57. The maximum absolute atomic E-state index is 12.4. The second-order valence-corrected chi connectivity index (χ2v) is 6.20. The van der Waals surface area contributed by atoms with Gasteiger partial charge in [0.25, 0.3) is 5.91 Å². The van der Waals surface area contributed by atoms with Crippen LogP contribution in [0.4, 0.5) is 16.2 Å². The van der Waals surface area contributed by atoms with Gasteiger partial charge in [-0.15, -0.1) is 0 Å². The summed E-state index contributed by atoms with van der Waals surface area (Å²) in [5.74, 6) is 0.143. The summed E-state index contributed by atoms with van der Waals surface area (Å²) in [7, 11) is 1.29. The number of pyridine rings is 1. The maximum Gasteiger partial charge on any atom is 0.411 e. The van der Waals surface area contributed by atoms with Crippen LogP contribution >= 0.6 is 0 Å². The Labute approximate surface area is 168 Å². The summed E-state index contributed by atoms with van der Waals surface area (Å²) in [6.07, 6.45) is 0.757. The van der Waals surface area contributed by atoms with Crippen molar-refractivity contribution in [1.29, 1.82) is 0 Å². The van der Waals surface area contributed by atoms with E-state index in [0.29, 0.717) is 22.8 Å². The molecule has 7 heteroatoms. The van der Waals surface area contributed by atoms with Gasteiger partial charge in [-0.25, -0.2) is 9.78 Å². The second kappa shape index (κ2) is 9.36. The molecule has 3 rings (SSSR count). The van der Waals surface area contributed by atoms with E-state index in [4.69, 9.17) is 4.74 Å². The number of nitrogens with one attached hydrogen (secondary N) is 2. The van der Waals surface area contributed by atoms with Crippen molar-refractivity contribution in [3.8, 4) is 5.88 Å². The average molecular weight is 391 g/mol. The predicted octanol–water partition coefficient (Wildman–Crippen LogP) is 4.65. The molecule has 1 heterocycles. The summed E-state index contributed by atoms with van der Waals surface area (Å²) < 4.78 is 10.3. The van der Waals surface area contributed by atoms with Crippen molar-refractivity contribution < 1.29 is 19.1 Å². The molecule has 0 fully saturated rings. The van der Waals surface area contributed by atoms with Crippen LogP contribution in [0.15, 0.2) is 72.9 Å². The SMILES string of the molecule is COC(=O)Nc1ccc(NC(=O)c2ccc(O[C@@H](C)c3ccccc3)nc2)cc1. The Bertz CT molecular complexity index is 958. The van der Waals surface area contributed by atoms with Crippen LogP contribution in [0.1, 0.15) is 28.9 Å². The molecule has 148 valence electrons. The van der Waals surface area contributed by atoms with E-state index in [9.17, 15) is 9.59 Å². The van der Waals surface area contributed by atoms with E-state index in [0.717, 1.165) is 5.56 Å². The topological polar surface area (TPSA) is 89.6 Å². The highest BCUT2D eigenvalue weighted by atomic mass is 16.5. The van der Waals surface area contributed by atoms with Crippen LogP contribution < -0.4 is 15.4 Å². The van der Waals surface area contributed by atoms with Crippen LogP contribution in [0.3, 0.4) is 0 Å². The van der Waals surface area contributed by atoms with E-state index in [1.165, 1.54) is 13.3 Å². The van der Waals surface area contributed by atoms with Gasteiger partial charge in [-0.3, -0.25) is 10.1 Å². The zero-order chi connectivity index (χ0) is 20.6. The van der Waals surface area contributed by atoms with Crippen LogP contribution in [0.5, 0.6) is 5.88 Å². The van der Waals surface area contributed by atoms with Crippen molar-refractivity contribution in [2.24, 2.45) is 0 Å². The average Bonchev–Trinajstić information content (AvgIpc) is 2.76. The Morgan fingerprint density at radius 3 is 2.14 bits per heavy atom. The number of rotatable bonds is 6. The minimum atomic E-state index is -0.559. The van der Waals surface area contributed by atoms with Gasteiger partial charge in [-0.1, -0.05) is 30.3 Å². The summed E-state index contributed by atoms with van der Waals surface area (Å²) in [5.41, 5.74) is 2.59. The van der Waals surface area contributed by atoms with E-state index in [1.54, 1.807) is 36.4 Å². The number of hydrogen-bond acceptors (Lipinski definition) is 5. The number of carbonyl (C=O) groups is 2. The van der Waals surface area contributed by atoms with Gasteiger partial charge in [0, 0.05) is 23.6 Å². The molecule has 0 unspecified atom stereocenters. The van der Waals surface area contributed by atoms with Gasteiger partial charge >= 0.3 is 6.09 Å².